The van der Waals surface area contributed by atoms with Gasteiger partial charge in [-0.1, -0.05) is 0 Å². The summed E-state index contributed by atoms with van der Waals surface area (Å²) in [5.41, 5.74) is 6.18. The highest BCUT2D eigenvalue weighted by molar-refractivity contribution is 5.87. The Labute approximate surface area is 95.6 Å². The SMILES string of the molecule is Cc1cc(C(=O)OC(C)(C)C)nn1CCN. The molecule has 5 nitrogen and oxygen atoms in total. The maximum Gasteiger partial charge on any atom is 0.359 e. The van der Waals surface area contributed by atoms with Gasteiger partial charge in [-0.05, 0) is 33.8 Å². The molecule has 0 spiro atoms. The normalized spacial score (nSPS) is 11.6. The van der Waals surface area contributed by atoms with Crippen LogP contribution in [0.3, 0.4) is 0 Å². The van der Waals surface area contributed by atoms with Gasteiger partial charge in [-0.3, -0.25) is 4.68 Å². The van der Waals surface area contributed by atoms with Gasteiger partial charge in [-0.2, -0.15) is 5.10 Å². The Kier molecular flexibility index (Phi) is 3.70. The molecule has 0 amide bonds. The van der Waals surface area contributed by atoms with Crippen molar-refractivity contribution in [2.45, 2.75) is 39.8 Å². The largest absolute Gasteiger partial charge is 0.455 e. The van der Waals surface area contributed by atoms with E-state index in [-0.39, 0.29) is 0 Å². The zero-order valence-electron chi connectivity index (χ0n) is 10.3. The quantitative estimate of drug-likeness (QED) is 0.782. The van der Waals surface area contributed by atoms with Crippen LogP contribution in [0.4, 0.5) is 0 Å². The third kappa shape index (κ3) is 3.34. The maximum atomic E-state index is 11.7. The molecule has 0 bridgehead atoms. The first-order valence-corrected chi connectivity index (χ1v) is 5.31. The van der Waals surface area contributed by atoms with E-state index >= 15 is 0 Å². The molecular formula is C11H19N3O2. The van der Waals surface area contributed by atoms with Gasteiger partial charge < -0.3 is 10.5 Å². The van der Waals surface area contributed by atoms with Crippen molar-refractivity contribution in [2.24, 2.45) is 5.73 Å². The van der Waals surface area contributed by atoms with Crippen molar-refractivity contribution in [3.05, 3.63) is 17.5 Å². The summed E-state index contributed by atoms with van der Waals surface area (Å²) in [6.07, 6.45) is 0. The molecule has 1 aromatic rings. The summed E-state index contributed by atoms with van der Waals surface area (Å²) in [5.74, 6) is -0.397. The van der Waals surface area contributed by atoms with E-state index in [9.17, 15) is 4.79 Å². The molecule has 0 aliphatic rings. The van der Waals surface area contributed by atoms with E-state index in [1.165, 1.54) is 0 Å². The van der Waals surface area contributed by atoms with Crippen molar-refractivity contribution in [1.29, 1.82) is 0 Å². The van der Waals surface area contributed by atoms with Crippen LogP contribution in [0, 0.1) is 6.92 Å². The number of aryl methyl sites for hydroxylation is 1. The summed E-state index contributed by atoms with van der Waals surface area (Å²) in [4.78, 5) is 11.7. The number of carbonyl (C=O) groups excluding carboxylic acids is 1. The molecule has 0 aliphatic carbocycles. The smallest absolute Gasteiger partial charge is 0.359 e. The van der Waals surface area contributed by atoms with Crippen molar-refractivity contribution in [1.82, 2.24) is 9.78 Å². The zero-order valence-corrected chi connectivity index (χ0v) is 10.3. The van der Waals surface area contributed by atoms with E-state index in [2.05, 4.69) is 5.10 Å². The topological polar surface area (TPSA) is 70.1 Å². The molecule has 1 rings (SSSR count). The number of rotatable bonds is 3. The van der Waals surface area contributed by atoms with Gasteiger partial charge in [-0.25, -0.2) is 4.79 Å². The summed E-state index contributed by atoms with van der Waals surface area (Å²) in [6, 6.07) is 1.71. The van der Waals surface area contributed by atoms with Crippen molar-refractivity contribution in [3.63, 3.8) is 0 Å². The fourth-order valence-corrected chi connectivity index (χ4v) is 1.29. The molecule has 1 aromatic heterocycles. The average molecular weight is 225 g/mol. The molecule has 1 heterocycles. The third-order valence-electron chi connectivity index (χ3n) is 1.93. The lowest BCUT2D eigenvalue weighted by atomic mass is 10.2. The molecule has 0 saturated heterocycles. The van der Waals surface area contributed by atoms with Crippen molar-refractivity contribution in [2.75, 3.05) is 6.54 Å². The number of esters is 1. The van der Waals surface area contributed by atoms with E-state index in [1.807, 2.05) is 27.7 Å². The highest BCUT2D eigenvalue weighted by atomic mass is 16.6. The Morgan fingerprint density at radius 2 is 2.19 bits per heavy atom. The van der Waals surface area contributed by atoms with Gasteiger partial charge in [0, 0.05) is 12.2 Å². The molecule has 0 aromatic carbocycles. The van der Waals surface area contributed by atoms with Gasteiger partial charge in [-0.15, -0.1) is 0 Å². The zero-order chi connectivity index (χ0) is 12.3. The minimum absolute atomic E-state index is 0.334. The monoisotopic (exact) mass is 225 g/mol. The first-order valence-electron chi connectivity index (χ1n) is 5.31. The second kappa shape index (κ2) is 4.65. The van der Waals surface area contributed by atoms with Crippen LogP contribution < -0.4 is 5.73 Å². The second-order valence-corrected chi connectivity index (χ2v) is 4.68. The minimum atomic E-state index is -0.497. The lowest BCUT2D eigenvalue weighted by Gasteiger charge is -2.18. The molecule has 5 heteroatoms. The number of hydrogen-bond donors (Lipinski definition) is 1. The van der Waals surface area contributed by atoms with Crippen molar-refractivity contribution < 1.29 is 9.53 Å². The fourth-order valence-electron chi connectivity index (χ4n) is 1.29. The minimum Gasteiger partial charge on any atom is -0.455 e. The van der Waals surface area contributed by atoms with E-state index in [0.717, 1.165) is 5.69 Å². The molecular weight excluding hydrogens is 206 g/mol. The molecule has 16 heavy (non-hydrogen) atoms. The Morgan fingerprint density at radius 1 is 1.56 bits per heavy atom. The van der Waals surface area contributed by atoms with Gasteiger partial charge in [0.1, 0.15) is 5.60 Å². The Balaban J connectivity index is 2.81. The summed E-state index contributed by atoms with van der Waals surface area (Å²) in [6.45, 7) is 8.47. The van der Waals surface area contributed by atoms with Crippen LogP contribution in [0.2, 0.25) is 0 Å². The van der Waals surface area contributed by atoms with Gasteiger partial charge >= 0.3 is 5.97 Å². The maximum absolute atomic E-state index is 11.7. The van der Waals surface area contributed by atoms with Crippen LogP contribution in [0.25, 0.3) is 0 Å². The molecule has 0 saturated carbocycles. The van der Waals surface area contributed by atoms with E-state index in [1.54, 1.807) is 10.7 Å². The van der Waals surface area contributed by atoms with Gasteiger partial charge in [0.25, 0.3) is 0 Å². The van der Waals surface area contributed by atoms with E-state index < -0.39 is 11.6 Å². The number of aromatic nitrogens is 2. The molecule has 2 N–H and O–H groups in total. The van der Waals surface area contributed by atoms with Gasteiger partial charge in [0.2, 0.25) is 0 Å². The Hall–Kier alpha value is -1.36. The predicted molar refractivity (Wildman–Crippen MR) is 61.2 cm³/mol. The Morgan fingerprint density at radius 3 is 2.69 bits per heavy atom. The van der Waals surface area contributed by atoms with Crippen molar-refractivity contribution in [3.8, 4) is 0 Å². The summed E-state index contributed by atoms with van der Waals surface area (Å²) < 4.78 is 6.93. The predicted octanol–water partition coefficient (Wildman–Crippen LogP) is 1.11. The number of carbonyl (C=O) groups is 1. The number of hydrogen-bond acceptors (Lipinski definition) is 4. The van der Waals surface area contributed by atoms with Crippen LogP contribution in [0.15, 0.2) is 6.07 Å². The number of nitrogens with zero attached hydrogens (tertiary/aromatic N) is 2. The first kappa shape index (κ1) is 12.7. The van der Waals surface area contributed by atoms with E-state index in [0.29, 0.717) is 18.8 Å². The van der Waals surface area contributed by atoms with Crippen LogP contribution in [-0.2, 0) is 11.3 Å². The van der Waals surface area contributed by atoms with E-state index in [4.69, 9.17) is 10.5 Å². The summed E-state index contributed by atoms with van der Waals surface area (Å²) >= 11 is 0. The highest BCUT2D eigenvalue weighted by Gasteiger charge is 2.20. The lowest BCUT2D eigenvalue weighted by Crippen LogP contribution is -2.24. The lowest BCUT2D eigenvalue weighted by molar-refractivity contribution is 0.00619. The summed E-state index contributed by atoms with van der Waals surface area (Å²) in [7, 11) is 0. The number of ether oxygens (including phenoxy) is 1. The van der Waals surface area contributed by atoms with Crippen molar-refractivity contribution >= 4 is 5.97 Å². The molecule has 0 radical (unpaired) electrons. The average Bonchev–Trinajstić information content (AvgIpc) is 2.46. The number of nitrogens with two attached hydrogens (primary N) is 1. The van der Waals surface area contributed by atoms with Crippen LogP contribution >= 0.6 is 0 Å². The molecule has 90 valence electrons. The fraction of sp³-hybridized carbons (Fsp3) is 0.636. The second-order valence-electron chi connectivity index (χ2n) is 4.68. The highest BCUT2D eigenvalue weighted by Crippen LogP contribution is 2.12. The first-order chi connectivity index (χ1) is 7.33. The molecule has 0 aliphatic heterocycles. The third-order valence-corrected chi connectivity index (χ3v) is 1.93. The van der Waals surface area contributed by atoms with Crippen LogP contribution in [-0.4, -0.2) is 27.9 Å². The van der Waals surface area contributed by atoms with Gasteiger partial charge in [0.15, 0.2) is 5.69 Å². The van der Waals surface area contributed by atoms with Crippen LogP contribution in [0.5, 0.6) is 0 Å². The Bertz CT molecular complexity index is 377. The standard InChI is InChI=1S/C11H19N3O2/c1-8-7-9(13-14(8)6-5-12)10(15)16-11(2,3)4/h7H,5-6,12H2,1-4H3. The van der Waals surface area contributed by atoms with Gasteiger partial charge in [0.05, 0.1) is 6.54 Å². The molecule has 0 unspecified atom stereocenters. The summed E-state index contributed by atoms with van der Waals surface area (Å²) in [5, 5.41) is 4.15. The molecule has 0 atom stereocenters. The van der Waals surface area contributed by atoms with Crippen LogP contribution in [0.1, 0.15) is 37.0 Å². The molecule has 0 fully saturated rings.